The molecule has 1 atom stereocenters. The number of hydrogen-bond acceptors (Lipinski definition) is 6. The maximum absolute atomic E-state index is 13.5. The van der Waals surface area contributed by atoms with Gasteiger partial charge in [0.15, 0.2) is 0 Å². The normalized spacial score (nSPS) is 16.7. The summed E-state index contributed by atoms with van der Waals surface area (Å²) >= 11 is 1.26. The number of likely N-dealkylation sites (N-methyl/N-ethyl adjacent to an activating group) is 1. The molecule has 2 aliphatic rings. The molecule has 1 saturated heterocycles. The minimum atomic E-state index is -0.339. The van der Waals surface area contributed by atoms with E-state index in [0.29, 0.717) is 34.2 Å². The first-order chi connectivity index (χ1) is 19.0. The van der Waals surface area contributed by atoms with E-state index in [0.717, 1.165) is 35.0 Å². The highest BCUT2D eigenvalue weighted by Gasteiger charge is 2.34. The van der Waals surface area contributed by atoms with Crippen molar-refractivity contribution in [1.29, 1.82) is 0 Å². The van der Waals surface area contributed by atoms with Gasteiger partial charge < -0.3 is 20.9 Å². The van der Waals surface area contributed by atoms with Crippen molar-refractivity contribution in [2.75, 3.05) is 36.9 Å². The predicted molar refractivity (Wildman–Crippen MR) is 154 cm³/mol. The van der Waals surface area contributed by atoms with E-state index in [1.165, 1.54) is 11.3 Å². The summed E-state index contributed by atoms with van der Waals surface area (Å²) in [5, 5.41) is 9.69. The molecule has 2 aromatic carbocycles. The van der Waals surface area contributed by atoms with Crippen LogP contribution in [-0.4, -0.2) is 60.5 Å². The van der Waals surface area contributed by atoms with Gasteiger partial charge in [0.1, 0.15) is 9.71 Å². The number of carbonyl (C=O) groups is 3. The fourth-order valence-corrected chi connectivity index (χ4v) is 6.31. The summed E-state index contributed by atoms with van der Waals surface area (Å²) in [7, 11) is 1.74. The molecule has 198 valence electrons. The van der Waals surface area contributed by atoms with Gasteiger partial charge in [0.25, 0.3) is 5.91 Å². The van der Waals surface area contributed by atoms with Gasteiger partial charge in [0.2, 0.25) is 5.91 Å². The number of thiophene rings is 1. The predicted octanol–water partition coefficient (Wildman–Crippen LogP) is 4.59. The van der Waals surface area contributed by atoms with Crippen molar-refractivity contribution in [3.63, 3.8) is 0 Å². The van der Waals surface area contributed by atoms with Crippen molar-refractivity contribution in [1.82, 2.24) is 20.5 Å². The molecule has 0 saturated carbocycles. The number of rotatable bonds is 6. The molecule has 0 spiro atoms. The Bertz CT molecular complexity index is 1570. The SMILES string of the molecule is CNCC(=O)N1CCC[C@@H](NC(=O)c2sc3nccc4c3c2NC(=O)N4c2cccc(-c3ccccc3)c2)C1. The fraction of sp³-hybridized carbons (Fsp3) is 0.241. The first kappa shape index (κ1) is 25.0. The highest BCUT2D eigenvalue weighted by Crippen LogP contribution is 2.46. The van der Waals surface area contributed by atoms with Crippen LogP contribution in [0.3, 0.4) is 0 Å². The number of nitrogens with one attached hydrogen (secondary N) is 3. The Morgan fingerprint density at radius 3 is 2.74 bits per heavy atom. The fourth-order valence-electron chi connectivity index (χ4n) is 5.29. The van der Waals surface area contributed by atoms with Crippen molar-refractivity contribution in [2.45, 2.75) is 18.9 Å². The lowest BCUT2D eigenvalue weighted by atomic mass is 10.0. The lowest BCUT2D eigenvalue weighted by molar-refractivity contribution is -0.131. The molecule has 0 unspecified atom stereocenters. The summed E-state index contributed by atoms with van der Waals surface area (Å²) in [5.74, 6) is -0.252. The van der Waals surface area contributed by atoms with E-state index in [1.807, 2.05) is 54.6 Å². The van der Waals surface area contributed by atoms with Crippen LogP contribution in [0.1, 0.15) is 22.5 Å². The van der Waals surface area contributed by atoms with Crippen molar-refractivity contribution in [3.8, 4) is 11.1 Å². The molecule has 39 heavy (non-hydrogen) atoms. The number of anilines is 3. The van der Waals surface area contributed by atoms with Crippen LogP contribution in [0, 0.1) is 0 Å². The Morgan fingerprint density at radius 2 is 1.92 bits per heavy atom. The van der Waals surface area contributed by atoms with Crippen molar-refractivity contribution < 1.29 is 14.4 Å². The summed E-state index contributed by atoms with van der Waals surface area (Å²) in [6.45, 7) is 1.42. The Labute approximate surface area is 229 Å². The number of amides is 4. The van der Waals surface area contributed by atoms with Gasteiger partial charge >= 0.3 is 6.03 Å². The Balaban J connectivity index is 1.30. The second kappa shape index (κ2) is 10.5. The van der Waals surface area contributed by atoms with Crippen LogP contribution in [0.25, 0.3) is 21.3 Å². The Kier molecular flexibility index (Phi) is 6.72. The van der Waals surface area contributed by atoms with Crippen molar-refractivity contribution >= 4 is 56.5 Å². The zero-order chi connectivity index (χ0) is 26.9. The molecule has 9 nitrogen and oxygen atoms in total. The van der Waals surface area contributed by atoms with E-state index in [4.69, 9.17) is 0 Å². The summed E-state index contributed by atoms with van der Waals surface area (Å²) in [5.41, 5.74) is 3.94. The number of urea groups is 1. The third kappa shape index (κ3) is 4.73. The van der Waals surface area contributed by atoms with Gasteiger partial charge in [-0.15, -0.1) is 11.3 Å². The summed E-state index contributed by atoms with van der Waals surface area (Å²) in [6, 6.07) is 19.1. The summed E-state index contributed by atoms with van der Waals surface area (Å²) in [4.78, 5) is 48.3. The molecule has 2 aliphatic heterocycles. The average molecular weight is 541 g/mol. The number of hydrogen-bond donors (Lipinski definition) is 3. The van der Waals surface area contributed by atoms with E-state index < -0.39 is 0 Å². The number of pyridine rings is 1. The molecule has 0 radical (unpaired) electrons. The molecule has 10 heteroatoms. The maximum atomic E-state index is 13.5. The minimum absolute atomic E-state index is 0.0194. The van der Waals surface area contributed by atoms with Crippen LogP contribution in [-0.2, 0) is 4.79 Å². The molecule has 4 aromatic rings. The molecule has 2 aromatic heterocycles. The van der Waals surface area contributed by atoms with E-state index in [9.17, 15) is 14.4 Å². The third-order valence-corrected chi connectivity index (χ3v) is 8.20. The van der Waals surface area contributed by atoms with Gasteiger partial charge in [0.05, 0.1) is 29.0 Å². The van der Waals surface area contributed by atoms with Crippen molar-refractivity contribution in [2.24, 2.45) is 0 Å². The van der Waals surface area contributed by atoms with Crippen LogP contribution in [0.4, 0.5) is 21.9 Å². The van der Waals surface area contributed by atoms with Crippen LogP contribution < -0.4 is 20.9 Å². The van der Waals surface area contributed by atoms with E-state index in [-0.39, 0.29) is 30.4 Å². The van der Waals surface area contributed by atoms with Crippen LogP contribution in [0.5, 0.6) is 0 Å². The smallest absolute Gasteiger partial charge is 0.331 e. The second-order valence-corrected chi connectivity index (χ2v) is 10.7. The monoisotopic (exact) mass is 540 g/mol. The molecule has 1 fully saturated rings. The Morgan fingerprint density at radius 1 is 1.10 bits per heavy atom. The average Bonchev–Trinajstić information content (AvgIpc) is 3.33. The third-order valence-electron chi connectivity index (χ3n) is 7.10. The van der Waals surface area contributed by atoms with E-state index >= 15 is 0 Å². The molecule has 4 heterocycles. The van der Waals surface area contributed by atoms with Gasteiger partial charge in [-0.05, 0) is 49.2 Å². The van der Waals surface area contributed by atoms with Gasteiger partial charge in [-0.1, -0.05) is 42.5 Å². The largest absolute Gasteiger partial charge is 0.347 e. The second-order valence-electron chi connectivity index (χ2n) is 9.68. The van der Waals surface area contributed by atoms with Crippen molar-refractivity contribution in [3.05, 3.63) is 71.7 Å². The van der Waals surface area contributed by atoms with Gasteiger partial charge in [-0.25, -0.2) is 9.78 Å². The number of piperidine rings is 1. The number of nitrogens with zero attached hydrogens (tertiary/aromatic N) is 3. The number of benzene rings is 2. The lowest BCUT2D eigenvalue weighted by Crippen LogP contribution is -2.51. The number of carbonyl (C=O) groups excluding carboxylic acids is 3. The molecular formula is C29H28N6O3S. The van der Waals surface area contributed by atoms with E-state index in [1.54, 1.807) is 29.1 Å². The minimum Gasteiger partial charge on any atom is -0.347 e. The molecule has 0 bridgehead atoms. The maximum Gasteiger partial charge on any atom is 0.331 e. The lowest BCUT2D eigenvalue weighted by Gasteiger charge is -2.33. The summed E-state index contributed by atoms with van der Waals surface area (Å²) < 4.78 is 0. The van der Waals surface area contributed by atoms with Gasteiger partial charge in [-0.2, -0.15) is 0 Å². The number of likely N-dealkylation sites (tertiary alicyclic amines) is 1. The quantitative estimate of drug-likeness (QED) is 0.332. The number of aromatic nitrogens is 1. The van der Waals surface area contributed by atoms with Crippen LogP contribution >= 0.6 is 11.3 Å². The molecule has 6 rings (SSSR count). The summed E-state index contributed by atoms with van der Waals surface area (Å²) in [6.07, 6.45) is 3.27. The Hall–Kier alpha value is -4.28. The zero-order valence-corrected chi connectivity index (χ0v) is 22.3. The molecular weight excluding hydrogens is 512 g/mol. The highest BCUT2D eigenvalue weighted by molar-refractivity contribution is 7.21. The van der Waals surface area contributed by atoms with Gasteiger partial charge in [-0.3, -0.25) is 14.5 Å². The molecule has 4 amide bonds. The van der Waals surface area contributed by atoms with Crippen LogP contribution in [0.2, 0.25) is 0 Å². The first-order valence-corrected chi connectivity index (χ1v) is 13.8. The molecule has 3 N–H and O–H groups in total. The highest BCUT2D eigenvalue weighted by atomic mass is 32.1. The topological polar surface area (TPSA) is 107 Å². The molecule has 0 aliphatic carbocycles. The van der Waals surface area contributed by atoms with E-state index in [2.05, 4.69) is 20.9 Å². The zero-order valence-electron chi connectivity index (χ0n) is 21.4. The van der Waals surface area contributed by atoms with Gasteiger partial charge in [0, 0.05) is 25.3 Å². The van der Waals surface area contributed by atoms with Crippen LogP contribution in [0.15, 0.2) is 66.9 Å². The standard InChI is InChI=1S/C29H28N6O3S/c1-30-16-23(36)34-14-6-10-20(17-34)32-27(37)26-25-24-22(12-13-31-28(24)39-26)35(29(38)33-25)21-11-5-9-19(15-21)18-7-3-2-4-8-18/h2-5,7-9,11-13,15,20,30H,6,10,14,16-17H2,1H3,(H,32,37)(H,33,38)/t20-/m1/s1. The first-order valence-electron chi connectivity index (χ1n) is 12.9.